The van der Waals surface area contributed by atoms with Gasteiger partial charge in [-0.3, -0.25) is 0 Å². The smallest absolute Gasteiger partial charge is 0.141 e. The molecule has 1 aromatic carbocycles. The van der Waals surface area contributed by atoms with E-state index in [1.165, 1.54) is 6.07 Å². The molecule has 0 amide bonds. The van der Waals surface area contributed by atoms with Crippen LogP contribution in [0.4, 0.5) is 10.1 Å². The number of nitrogens with two attached hydrogens (primary N) is 1. The molecule has 0 heterocycles. The van der Waals surface area contributed by atoms with E-state index >= 15 is 0 Å². The second kappa shape index (κ2) is 3.65. The van der Waals surface area contributed by atoms with Gasteiger partial charge < -0.3 is 10.6 Å². The number of anilines is 1. The average Bonchev–Trinajstić information content (AvgIpc) is 2.88. The highest BCUT2D eigenvalue weighted by Gasteiger charge is 2.39. The fourth-order valence-electron chi connectivity index (χ4n) is 1.60. The first-order valence-corrected chi connectivity index (χ1v) is 5.33. The first kappa shape index (κ1) is 10.7. The van der Waals surface area contributed by atoms with Crippen LogP contribution in [0.1, 0.15) is 12.8 Å². The Morgan fingerprint density at radius 2 is 2.20 bits per heavy atom. The average molecular weight is 229 g/mol. The Balaban J connectivity index is 2.11. The van der Waals surface area contributed by atoms with E-state index in [0.29, 0.717) is 0 Å². The van der Waals surface area contributed by atoms with Crippen LogP contribution < -0.4 is 10.6 Å². The summed E-state index contributed by atoms with van der Waals surface area (Å²) >= 11 is 5.71. The SMILES string of the molecule is CN(CC1(N)CC1)c1ccc(F)c(Cl)c1. The maximum absolute atomic E-state index is 12.9. The third-order valence-corrected chi connectivity index (χ3v) is 3.08. The van der Waals surface area contributed by atoms with Gasteiger partial charge in [0.25, 0.3) is 0 Å². The number of likely N-dealkylation sites (N-methyl/N-ethyl adjacent to an activating group) is 1. The van der Waals surface area contributed by atoms with Crippen molar-refractivity contribution in [2.45, 2.75) is 18.4 Å². The van der Waals surface area contributed by atoms with E-state index in [0.717, 1.165) is 25.1 Å². The predicted octanol–water partition coefficient (Wildman–Crippen LogP) is 2.41. The minimum Gasteiger partial charge on any atom is -0.373 e. The van der Waals surface area contributed by atoms with Gasteiger partial charge in [-0.25, -0.2) is 4.39 Å². The van der Waals surface area contributed by atoms with Crippen molar-refractivity contribution in [2.75, 3.05) is 18.5 Å². The van der Waals surface area contributed by atoms with Crippen molar-refractivity contribution < 1.29 is 4.39 Å². The lowest BCUT2D eigenvalue weighted by Gasteiger charge is -2.23. The topological polar surface area (TPSA) is 29.3 Å². The van der Waals surface area contributed by atoms with E-state index < -0.39 is 0 Å². The van der Waals surface area contributed by atoms with Crippen LogP contribution in [0.25, 0.3) is 0 Å². The molecule has 1 fully saturated rings. The molecule has 0 spiro atoms. The molecule has 82 valence electrons. The van der Waals surface area contributed by atoms with Crippen LogP contribution >= 0.6 is 11.6 Å². The normalized spacial score (nSPS) is 17.6. The molecule has 1 aromatic rings. The van der Waals surface area contributed by atoms with E-state index in [4.69, 9.17) is 17.3 Å². The van der Waals surface area contributed by atoms with Gasteiger partial charge in [0, 0.05) is 24.8 Å². The molecule has 0 unspecified atom stereocenters. The first-order chi connectivity index (χ1) is 7.00. The Hall–Kier alpha value is -0.800. The quantitative estimate of drug-likeness (QED) is 0.861. The van der Waals surface area contributed by atoms with Crippen molar-refractivity contribution in [2.24, 2.45) is 5.73 Å². The monoisotopic (exact) mass is 228 g/mol. The van der Waals surface area contributed by atoms with Gasteiger partial charge in [-0.2, -0.15) is 0 Å². The van der Waals surface area contributed by atoms with E-state index in [-0.39, 0.29) is 16.4 Å². The molecule has 0 aliphatic heterocycles. The molecular formula is C11H14ClFN2. The number of hydrogen-bond acceptors (Lipinski definition) is 2. The molecule has 0 bridgehead atoms. The molecule has 2 nitrogen and oxygen atoms in total. The third-order valence-electron chi connectivity index (χ3n) is 2.79. The van der Waals surface area contributed by atoms with Gasteiger partial charge >= 0.3 is 0 Å². The van der Waals surface area contributed by atoms with Crippen molar-refractivity contribution >= 4 is 17.3 Å². The summed E-state index contributed by atoms with van der Waals surface area (Å²) < 4.78 is 12.9. The van der Waals surface area contributed by atoms with E-state index in [1.54, 1.807) is 12.1 Å². The molecule has 2 N–H and O–H groups in total. The second-order valence-electron chi connectivity index (χ2n) is 4.32. The Bertz CT molecular complexity index is 377. The number of rotatable bonds is 3. The summed E-state index contributed by atoms with van der Waals surface area (Å²) in [4.78, 5) is 2.01. The Morgan fingerprint density at radius 3 is 2.73 bits per heavy atom. The van der Waals surface area contributed by atoms with Crippen LogP contribution in [0, 0.1) is 5.82 Å². The highest BCUT2D eigenvalue weighted by Crippen LogP contribution is 2.34. The standard InChI is InChI=1S/C11H14ClFN2/c1-15(7-11(14)4-5-11)8-2-3-10(13)9(12)6-8/h2-3,6H,4-5,7,14H2,1H3. The molecule has 1 aliphatic rings. The van der Waals surface area contributed by atoms with Crippen molar-refractivity contribution in [1.29, 1.82) is 0 Å². The van der Waals surface area contributed by atoms with Crippen LogP contribution in [0.15, 0.2) is 18.2 Å². The van der Waals surface area contributed by atoms with E-state index in [9.17, 15) is 4.39 Å². The summed E-state index contributed by atoms with van der Waals surface area (Å²) in [5.74, 6) is -0.386. The van der Waals surface area contributed by atoms with Gasteiger partial charge in [0.15, 0.2) is 0 Å². The minimum atomic E-state index is -0.386. The molecule has 15 heavy (non-hydrogen) atoms. The molecule has 0 radical (unpaired) electrons. The van der Waals surface area contributed by atoms with Crippen LogP contribution in [0.2, 0.25) is 5.02 Å². The summed E-state index contributed by atoms with van der Waals surface area (Å²) in [6, 6.07) is 4.72. The summed E-state index contributed by atoms with van der Waals surface area (Å²) in [5, 5.41) is 0.154. The molecule has 0 saturated heterocycles. The Morgan fingerprint density at radius 1 is 1.53 bits per heavy atom. The van der Waals surface area contributed by atoms with Gasteiger partial charge in [-0.05, 0) is 31.0 Å². The molecule has 4 heteroatoms. The lowest BCUT2D eigenvalue weighted by Crippen LogP contribution is -2.37. The van der Waals surface area contributed by atoms with Gasteiger partial charge in [0.05, 0.1) is 5.02 Å². The zero-order valence-electron chi connectivity index (χ0n) is 8.63. The van der Waals surface area contributed by atoms with Gasteiger partial charge in [-0.15, -0.1) is 0 Å². The maximum atomic E-state index is 12.9. The number of benzene rings is 1. The Kier molecular flexibility index (Phi) is 2.61. The second-order valence-corrected chi connectivity index (χ2v) is 4.72. The van der Waals surface area contributed by atoms with Crippen molar-refractivity contribution in [3.05, 3.63) is 29.0 Å². The molecule has 2 rings (SSSR count). The van der Waals surface area contributed by atoms with E-state index in [1.807, 2.05) is 11.9 Å². The van der Waals surface area contributed by atoms with Crippen molar-refractivity contribution in [1.82, 2.24) is 0 Å². The van der Waals surface area contributed by atoms with Crippen LogP contribution in [0.5, 0.6) is 0 Å². The molecule has 1 saturated carbocycles. The molecule has 0 aromatic heterocycles. The predicted molar refractivity (Wildman–Crippen MR) is 60.8 cm³/mol. The van der Waals surface area contributed by atoms with Crippen LogP contribution in [-0.4, -0.2) is 19.1 Å². The fraction of sp³-hybridized carbons (Fsp3) is 0.455. The van der Waals surface area contributed by atoms with Crippen molar-refractivity contribution in [3.63, 3.8) is 0 Å². The van der Waals surface area contributed by atoms with E-state index in [2.05, 4.69) is 0 Å². The highest BCUT2D eigenvalue weighted by atomic mass is 35.5. The molecular weight excluding hydrogens is 215 g/mol. The minimum absolute atomic E-state index is 0.0460. The van der Waals surface area contributed by atoms with Crippen LogP contribution in [-0.2, 0) is 0 Å². The highest BCUT2D eigenvalue weighted by molar-refractivity contribution is 6.31. The van der Waals surface area contributed by atoms with Gasteiger partial charge in [-0.1, -0.05) is 11.6 Å². The number of hydrogen-bond donors (Lipinski definition) is 1. The fourth-order valence-corrected chi connectivity index (χ4v) is 1.78. The van der Waals surface area contributed by atoms with Crippen molar-refractivity contribution in [3.8, 4) is 0 Å². The lowest BCUT2D eigenvalue weighted by molar-refractivity contribution is 0.626. The Labute approximate surface area is 93.8 Å². The number of halogens is 2. The maximum Gasteiger partial charge on any atom is 0.141 e. The summed E-state index contributed by atoms with van der Waals surface area (Å²) in [5.41, 5.74) is 6.86. The van der Waals surface area contributed by atoms with Gasteiger partial charge in [0.2, 0.25) is 0 Å². The largest absolute Gasteiger partial charge is 0.373 e. The zero-order chi connectivity index (χ0) is 11.1. The third kappa shape index (κ3) is 2.41. The van der Waals surface area contributed by atoms with Crippen LogP contribution in [0.3, 0.4) is 0 Å². The zero-order valence-corrected chi connectivity index (χ0v) is 9.39. The summed E-state index contributed by atoms with van der Waals surface area (Å²) in [6.45, 7) is 0.787. The summed E-state index contributed by atoms with van der Waals surface area (Å²) in [7, 11) is 1.94. The van der Waals surface area contributed by atoms with Gasteiger partial charge in [0.1, 0.15) is 5.82 Å². The summed E-state index contributed by atoms with van der Waals surface area (Å²) in [6.07, 6.45) is 2.12. The molecule has 0 atom stereocenters. The lowest BCUT2D eigenvalue weighted by atomic mass is 10.2. The first-order valence-electron chi connectivity index (χ1n) is 4.95. The molecule has 1 aliphatic carbocycles. The number of nitrogens with zero attached hydrogens (tertiary/aromatic N) is 1.